The van der Waals surface area contributed by atoms with Gasteiger partial charge in [0, 0.05) is 22.2 Å². The molecular formula is C22H15Cl2F4N3O5S. The molecule has 37 heavy (non-hydrogen) atoms. The summed E-state index contributed by atoms with van der Waals surface area (Å²) in [4.78, 5) is 12.2. The maximum atomic E-state index is 12.8. The molecule has 0 radical (unpaired) electrons. The number of carbonyl (C=O) groups is 1. The quantitative estimate of drug-likeness (QED) is 0.180. The van der Waals surface area contributed by atoms with Gasteiger partial charge < -0.3 is 9.47 Å². The lowest BCUT2D eigenvalue weighted by Crippen LogP contribution is -2.19. The molecule has 0 heterocycles. The summed E-state index contributed by atoms with van der Waals surface area (Å²) in [6, 6.07) is 12.1. The summed E-state index contributed by atoms with van der Waals surface area (Å²) in [5.41, 5.74) is 1.92. The van der Waals surface area contributed by atoms with Gasteiger partial charge in [0.25, 0.3) is 15.9 Å². The summed E-state index contributed by atoms with van der Waals surface area (Å²) in [7, 11) is -4.17. The molecule has 0 aromatic heterocycles. The second kappa shape index (κ2) is 12.1. The molecule has 0 aliphatic heterocycles. The van der Waals surface area contributed by atoms with Crippen LogP contribution in [-0.2, 0) is 10.0 Å². The molecule has 0 aliphatic carbocycles. The minimum absolute atomic E-state index is 0.0282. The van der Waals surface area contributed by atoms with E-state index in [2.05, 4.69) is 24.7 Å². The number of rotatable bonds is 10. The van der Waals surface area contributed by atoms with Crippen LogP contribution in [0.25, 0.3) is 0 Å². The molecule has 0 bridgehead atoms. The number of halogens is 6. The maximum absolute atomic E-state index is 12.8. The Bertz CT molecular complexity index is 1430. The van der Waals surface area contributed by atoms with E-state index < -0.39 is 40.7 Å². The van der Waals surface area contributed by atoms with Crippen LogP contribution in [0.15, 0.2) is 70.7 Å². The number of hydrogen-bond donors (Lipinski definition) is 2. The van der Waals surface area contributed by atoms with Crippen molar-refractivity contribution in [3.63, 3.8) is 0 Å². The summed E-state index contributed by atoms with van der Waals surface area (Å²) in [5.74, 6) is -1.81. The van der Waals surface area contributed by atoms with E-state index in [-0.39, 0.29) is 31.8 Å². The van der Waals surface area contributed by atoms with Crippen LogP contribution >= 0.6 is 23.2 Å². The third-order valence-electron chi connectivity index (χ3n) is 4.38. The van der Waals surface area contributed by atoms with Crippen molar-refractivity contribution in [1.82, 2.24) is 5.43 Å². The van der Waals surface area contributed by atoms with Gasteiger partial charge in [0.1, 0.15) is 11.5 Å². The summed E-state index contributed by atoms with van der Waals surface area (Å²) >= 11 is 11.9. The minimum atomic E-state index is -4.17. The van der Waals surface area contributed by atoms with E-state index in [0.29, 0.717) is 0 Å². The summed E-state index contributed by atoms with van der Waals surface area (Å²) < 4.78 is 86.3. The van der Waals surface area contributed by atoms with Crippen LogP contribution in [0.5, 0.6) is 11.5 Å². The summed E-state index contributed by atoms with van der Waals surface area (Å²) in [5, 5.41) is 3.96. The number of carbonyl (C=O) groups excluding carboxylic acids is 1. The molecule has 0 aliphatic rings. The Balaban J connectivity index is 1.76. The van der Waals surface area contributed by atoms with E-state index >= 15 is 0 Å². The highest BCUT2D eigenvalue weighted by Gasteiger charge is 2.18. The molecule has 1 amide bonds. The Morgan fingerprint density at radius 2 is 1.68 bits per heavy atom. The molecule has 0 saturated heterocycles. The molecule has 196 valence electrons. The fourth-order valence-electron chi connectivity index (χ4n) is 2.80. The number of hydrazone groups is 1. The molecule has 0 atom stereocenters. The smallest absolute Gasteiger partial charge is 0.387 e. The van der Waals surface area contributed by atoms with Crippen LogP contribution in [0.3, 0.4) is 0 Å². The van der Waals surface area contributed by atoms with Crippen molar-refractivity contribution in [1.29, 1.82) is 0 Å². The average Bonchev–Trinajstić information content (AvgIpc) is 2.82. The zero-order valence-corrected chi connectivity index (χ0v) is 20.5. The van der Waals surface area contributed by atoms with Crippen LogP contribution in [0.4, 0.5) is 23.2 Å². The second-order valence-corrected chi connectivity index (χ2v) is 9.44. The Labute approximate surface area is 217 Å². The van der Waals surface area contributed by atoms with Crippen LogP contribution in [0, 0.1) is 0 Å². The van der Waals surface area contributed by atoms with Gasteiger partial charge in [-0.2, -0.15) is 22.7 Å². The molecule has 3 rings (SSSR count). The minimum Gasteiger partial charge on any atom is -0.435 e. The SMILES string of the molecule is O=C(NN=Cc1ccc(OC(F)F)cc1OC(F)F)c1cccc(S(=O)(=O)Nc2cc(Cl)ccc2Cl)c1. The van der Waals surface area contributed by atoms with E-state index in [1.165, 1.54) is 36.4 Å². The van der Waals surface area contributed by atoms with Crippen LogP contribution in [-0.4, -0.2) is 33.8 Å². The monoisotopic (exact) mass is 579 g/mol. The van der Waals surface area contributed by atoms with Crippen LogP contribution in [0.1, 0.15) is 15.9 Å². The third kappa shape index (κ3) is 7.97. The van der Waals surface area contributed by atoms with Gasteiger partial charge in [-0.25, -0.2) is 13.8 Å². The summed E-state index contributed by atoms with van der Waals surface area (Å²) in [6.45, 7) is -6.46. The van der Waals surface area contributed by atoms with Crippen molar-refractivity contribution < 1.29 is 40.2 Å². The highest BCUT2D eigenvalue weighted by atomic mass is 35.5. The molecule has 0 unspecified atom stereocenters. The zero-order chi connectivity index (χ0) is 27.2. The van der Waals surface area contributed by atoms with Gasteiger partial charge in [-0.3, -0.25) is 9.52 Å². The van der Waals surface area contributed by atoms with Crippen molar-refractivity contribution >= 4 is 51.0 Å². The fraction of sp³-hybridized carbons (Fsp3) is 0.0909. The van der Waals surface area contributed by atoms with Gasteiger partial charge in [0.15, 0.2) is 0 Å². The lowest BCUT2D eigenvalue weighted by atomic mass is 10.2. The number of anilines is 1. The molecule has 0 spiro atoms. The number of amides is 1. The molecule has 2 N–H and O–H groups in total. The van der Waals surface area contributed by atoms with Crippen molar-refractivity contribution in [3.8, 4) is 11.5 Å². The van der Waals surface area contributed by atoms with E-state index in [9.17, 15) is 30.8 Å². The van der Waals surface area contributed by atoms with E-state index in [1.54, 1.807) is 0 Å². The summed E-state index contributed by atoms with van der Waals surface area (Å²) in [6.07, 6.45) is 0.922. The van der Waals surface area contributed by atoms with E-state index in [0.717, 1.165) is 30.5 Å². The number of ether oxygens (including phenoxy) is 2. The predicted octanol–water partition coefficient (Wildman–Crippen LogP) is 5.76. The molecule has 15 heteroatoms. The standard InChI is InChI=1S/C22H15Cl2F4N3O5S/c23-14-5-7-17(24)18(9-14)31-37(33,34)16-3-1-2-12(8-16)20(32)30-29-11-13-4-6-15(35-21(25)26)10-19(13)36-22(27)28/h1-11,21-22,31H,(H,30,32). The van der Waals surface area contributed by atoms with Crippen LogP contribution in [0.2, 0.25) is 10.0 Å². The largest absolute Gasteiger partial charge is 0.435 e. The van der Waals surface area contributed by atoms with Gasteiger partial charge >= 0.3 is 13.2 Å². The van der Waals surface area contributed by atoms with Gasteiger partial charge in [-0.05, 0) is 48.5 Å². The van der Waals surface area contributed by atoms with Crippen molar-refractivity contribution in [3.05, 3.63) is 81.8 Å². The number of alkyl halides is 4. The third-order valence-corrected chi connectivity index (χ3v) is 6.30. The molecule has 0 saturated carbocycles. The van der Waals surface area contributed by atoms with E-state index in [1.807, 2.05) is 0 Å². The molecular weight excluding hydrogens is 565 g/mol. The first-order chi connectivity index (χ1) is 17.4. The van der Waals surface area contributed by atoms with Crippen molar-refractivity contribution in [2.24, 2.45) is 5.10 Å². The van der Waals surface area contributed by atoms with Gasteiger partial charge in [-0.1, -0.05) is 29.3 Å². The second-order valence-electron chi connectivity index (χ2n) is 6.91. The lowest BCUT2D eigenvalue weighted by molar-refractivity contribution is -0.0543. The molecule has 3 aromatic rings. The van der Waals surface area contributed by atoms with Crippen molar-refractivity contribution in [2.75, 3.05) is 4.72 Å². The number of benzene rings is 3. The number of sulfonamides is 1. The van der Waals surface area contributed by atoms with E-state index in [4.69, 9.17) is 23.2 Å². The first kappa shape index (κ1) is 28.0. The molecule has 0 fully saturated rings. The molecule has 8 nitrogen and oxygen atoms in total. The average molecular weight is 580 g/mol. The Morgan fingerprint density at radius 1 is 0.946 bits per heavy atom. The predicted molar refractivity (Wildman–Crippen MR) is 128 cm³/mol. The molecule has 3 aromatic carbocycles. The van der Waals surface area contributed by atoms with Gasteiger partial charge in [-0.15, -0.1) is 0 Å². The zero-order valence-electron chi connectivity index (χ0n) is 18.2. The number of nitrogens with zero attached hydrogens (tertiary/aromatic N) is 1. The first-order valence-corrected chi connectivity index (χ1v) is 12.1. The Hall–Kier alpha value is -3.55. The van der Waals surface area contributed by atoms with Crippen LogP contribution < -0.4 is 19.6 Å². The lowest BCUT2D eigenvalue weighted by Gasteiger charge is -2.11. The highest BCUT2D eigenvalue weighted by molar-refractivity contribution is 7.92. The Morgan fingerprint density at radius 3 is 2.38 bits per heavy atom. The van der Waals surface area contributed by atoms with Gasteiger partial charge in [0.05, 0.1) is 21.8 Å². The fourth-order valence-corrected chi connectivity index (χ4v) is 4.31. The number of nitrogens with one attached hydrogen (secondary N) is 2. The maximum Gasteiger partial charge on any atom is 0.387 e. The topological polar surface area (TPSA) is 106 Å². The van der Waals surface area contributed by atoms with Crippen molar-refractivity contribution in [2.45, 2.75) is 18.1 Å². The highest BCUT2D eigenvalue weighted by Crippen LogP contribution is 2.28. The Kier molecular flexibility index (Phi) is 9.18. The first-order valence-electron chi connectivity index (χ1n) is 9.89. The number of hydrogen-bond acceptors (Lipinski definition) is 6. The van der Waals surface area contributed by atoms with Gasteiger partial charge in [0.2, 0.25) is 0 Å². The normalized spacial score (nSPS) is 11.7.